The molecule has 2 nitrogen and oxygen atoms in total. The number of thiazole rings is 1. The second-order valence-electron chi connectivity index (χ2n) is 2.97. The Morgan fingerprint density at radius 3 is 2.92 bits per heavy atom. The Morgan fingerprint density at radius 2 is 2.38 bits per heavy atom. The number of rotatable bonds is 5. The first-order chi connectivity index (χ1) is 6.18. The van der Waals surface area contributed by atoms with Crippen LogP contribution < -0.4 is 0 Å². The third-order valence-corrected chi connectivity index (χ3v) is 3.88. The largest absolute Gasteiger partial charge is 0.309 e. The van der Waals surface area contributed by atoms with Gasteiger partial charge >= 0.3 is 0 Å². The van der Waals surface area contributed by atoms with Gasteiger partial charge in [0.25, 0.3) is 0 Å². The van der Waals surface area contributed by atoms with Crippen LogP contribution in [0.5, 0.6) is 0 Å². The summed E-state index contributed by atoms with van der Waals surface area (Å²) in [5, 5.41) is 0. The van der Waals surface area contributed by atoms with Gasteiger partial charge < -0.3 is 4.90 Å². The molecule has 13 heavy (non-hydrogen) atoms. The molecule has 5 heteroatoms. The molecule has 74 valence electrons. The Hall–Kier alpha value is 0.290. The van der Waals surface area contributed by atoms with Gasteiger partial charge in [-0.25, -0.2) is 4.98 Å². The van der Waals surface area contributed by atoms with Crippen molar-refractivity contribution in [3.05, 3.63) is 6.20 Å². The van der Waals surface area contributed by atoms with E-state index >= 15 is 0 Å². The lowest BCUT2D eigenvalue weighted by Gasteiger charge is -2.07. The number of nitrogens with zero attached hydrogens (tertiary/aromatic N) is 2. The molecule has 1 aromatic heterocycles. The average Bonchev–Trinajstić information content (AvgIpc) is 2.45. The molecule has 0 saturated carbocycles. The van der Waals surface area contributed by atoms with Crippen molar-refractivity contribution in [1.82, 2.24) is 9.88 Å². The van der Waals surface area contributed by atoms with Gasteiger partial charge in [0.2, 0.25) is 0 Å². The smallest absolute Gasteiger partial charge is 0.150 e. The standard InChI is InChI=1S/C8H14N2S3/c1-10(2)4-3-5-12-8-9-6-7(11)13-8/h6,11H,3-5H2,1-2H3. The zero-order chi connectivity index (χ0) is 9.68. The van der Waals surface area contributed by atoms with Crippen LogP contribution in [-0.2, 0) is 0 Å². The maximum atomic E-state index is 4.22. The van der Waals surface area contributed by atoms with E-state index in [1.54, 1.807) is 11.3 Å². The van der Waals surface area contributed by atoms with E-state index in [-0.39, 0.29) is 0 Å². The number of hydrogen-bond acceptors (Lipinski definition) is 5. The first-order valence-corrected chi connectivity index (χ1v) is 6.36. The van der Waals surface area contributed by atoms with Crippen molar-refractivity contribution < 1.29 is 0 Å². The maximum absolute atomic E-state index is 4.22. The average molecular weight is 234 g/mol. The van der Waals surface area contributed by atoms with E-state index in [4.69, 9.17) is 0 Å². The minimum atomic E-state index is 0.995. The molecule has 0 aliphatic rings. The summed E-state index contributed by atoms with van der Waals surface area (Å²) in [5.41, 5.74) is 0. The van der Waals surface area contributed by atoms with Crippen molar-refractivity contribution in [1.29, 1.82) is 0 Å². The van der Waals surface area contributed by atoms with Gasteiger partial charge in [0, 0.05) is 5.75 Å². The van der Waals surface area contributed by atoms with Crippen LogP contribution in [0.15, 0.2) is 14.7 Å². The van der Waals surface area contributed by atoms with E-state index in [1.807, 2.05) is 18.0 Å². The summed E-state index contributed by atoms with van der Waals surface area (Å²) < 4.78 is 2.12. The van der Waals surface area contributed by atoms with Gasteiger partial charge in [0.15, 0.2) is 4.34 Å². The Balaban J connectivity index is 2.13. The number of aromatic nitrogens is 1. The Labute approximate surface area is 93.2 Å². The molecule has 0 radical (unpaired) electrons. The van der Waals surface area contributed by atoms with Gasteiger partial charge in [-0.3, -0.25) is 0 Å². The first kappa shape index (κ1) is 11.4. The highest BCUT2D eigenvalue weighted by Crippen LogP contribution is 2.26. The fraction of sp³-hybridized carbons (Fsp3) is 0.625. The van der Waals surface area contributed by atoms with Gasteiger partial charge in [-0.1, -0.05) is 11.8 Å². The van der Waals surface area contributed by atoms with Crippen LogP contribution >= 0.6 is 35.7 Å². The lowest BCUT2D eigenvalue weighted by atomic mass is 10.5. The Bertz CT molecular complexity index is 247. The van der Waals surface area contributed by atoms with Crippen molar-refractivity contribution in [3.8, 4) is 0 Å². The van der Waals surface area contributed by atoms with Crippen molar-refractivity contribution >= 4 is 35.7 Å². The molecule has 0 N–H and O–H groups in total. The molecule has 0 atom stereocenters. The summed E-state index contributed by atoms with van der Waals surface area (Å²) in [5.74, 6) is 1.14. The summed E-state index contributed by atoms with van der Waals surface area (Å²) in [4.78, 5) is 6.42. The maximum Gasteiger partial charge on any atom is 0.150 e. The van der Waals surface area contributed by atoms with Crippen LogP contribution in [0.25, 0.3) is 0 Å². The molecule has 0 aliphatic carbocycles. The SMILES string of the molecule is CN(C)CCCSc1ncc(S)s1. The molecule has 0 unspecified atom stereocenters. The van der Waals surface area contributed by atoms with Gasteiger partial charge in [0.05, 0.1) is 10.4 Å². The molecule has 1 heterocycles. The Kier molecular flexibility index (Phi) is 5.16. The summed E-state index contributed by atoms with van der Waals surface area (Å²) in [7, 11) is 4.19. The minimum Gasteiger partial charge on any atom is -0.309 e. The normalized spacial score (nSPS) is 11.1. The second kappa shape index (κ2) is 5.90. The molecule has 0 aromatic carbocycles. The highest BCUT2D eigenvalue weighted by atomic mass is 32.2. The molecule has 0 aliphatic heterocycles. The van der Waals surface area contributed by atoms with Crippen molar-refractivity contribution in [2.45, 2.75) is 15.0 Å². The number of thioether (sulfide) groups is 1. The van der Waals surface area contributed by atoms with Crippen LogP contribution in [0.1, 0.15) is 6.42 Å². The predicted octanol–water partition coefficient (Wildman–Crippen LogP) is 2.48. The summed E-state index contributed by atoms with van der Waals surface area (Å²) in [6.07, 6.45) is 3.02. The van der Waals surface area contributed by atoms with Crippen molar-refractivity contribution in [2.75, 3.05) is 26.4 Å². The van der Waals surface area contributed by atoms with E-state index in [0.29, 0.717) is 0 Å². The monoisotopic (exact) mass is 234 g/mol. The second-order valence-corrected chi connectivity index (χ2v) is 6.13. The minimum absolute atomic E-state index is 0.995. The lowest BCUT2D eigenvalue weighted by molar-refractivity contribution is 0.410. The van der Waals surface area contributed by atoms with E-state index in [2.05, 4.69) is 36.6 Å². The highest BCUT2D eigenvalue weighted by Gasteiger charge is 1.99. The molecule has 0 amide bonds. The number of hydrogen-bond donors (Lipinski definition) is 1. The number of thiol groups is 1. The van der Waals surface area contributed by atoms with Crippen LogP contribution in [0.2, 0.25) is 0 Å². The zero-order valence-electron chi connectivity index (χ0n) is 7.86. The molecule has 1 rings (SSSR count). The van der Waals surface area contributed by atoms with Gasteiger partial charge in [-0.2, -0.15) is 0 Å². The van der Waals surface area contributed by atoms with E-state index in [0.717, 1.165) is 20.8 Å². The lowest BCUT2D eigenvalue weighted by Crippen LogP contribution is -2.13. The summed E-state index contributed by atoms with van der Waals surface area (Å²) in [6, 6.07) is 0. The van der Waals surface area contributed by atoms with Gasteiger partial charge in [0.1, 0.15) is 0 Å². The van der Waals surface area contributed by atoms with Crippen molar-refractivity contribution in [3.63, 3.8) is 0 Å². The van der Waals surface area contributed by atoms with Crippen LogP contribution in [-0.4, -0.2) is 36.3 Å². The van der Waals surface area contributed by atoms with E-state index in [9.17, 15) is 0 Å². The first-order valence-electron chi connectivity index (χ1n) is 4.11. The fourth-order valence-corrected chi connectivity index (χ4v) is 3.08. The van der Waals surface area contributed by atoms with Gasteiger partial charge in [-0.15, -0.1) is 24.0 Å². The molecular formula is C8H14N2S3. The highest BCUT2D eigenvalue weighted by molar-refractivity contribution is 8.01. The van der Waals surface area contributed by atoms with Gasteiger partial charge in [-0.05, 0) is 27.1 Å². The summed E-state index contributed by atoms with van der Waals surface area (Å²) >= 11 is 7.68. The topological polar surface area (TPSA) is 16.1 Å². The predicted molar refractivity (Wildman–Crippen MR) is 63.3 cm³/mol. The Morgan fingerprint density at radius 1 is 1.62 bits per heavy atom. The fourth-order valence-electron chi connectivity index (χ4n) is 0.857. The third kappa shape index (κ3) is 4.90. The van der Waals surface area contributed by atoms with E-state index < -0.39 is 0 Å². The van der Waals surface area contributed by atoms with Crippen LogP contribution in [0, 0.1) is 0 Å². The third-order valence-electron chi connectivity index (χ3n) is 1.45. The molecule has 0 fully saturated rings. The van der Waals surface area contributed by atoms with E-state index in [1.165, 1.54) is 6.42 Å². The molecule has 0 spiro atoms. The molecule has 1 aromatic rings. The van der Waals surface area contributed by atoms with Crippen molar-refractivity contribution in [2.24, 2.45) is 0 Å². The molecular weight excluding hydrogens is 220 g/mol. The summed E-state index contributed by atoms with van der Waals surface area (Å²) in [6.45, 7) is 1.14. The van der Waals surface area contributed by atoms with Crippen LogP contribution in [0.4, 0.5) is 0 Å². The quantitative estimate of drug-likeness (QED) is 0.479. The van der Waals surface area contributed by atoms with Crippen LogP contribution in [0.3, 0.4) is 0 Å². The molecule has 0 saturated heterocycles. The molecule has 0 bridgehead atoms. The zero-order valence-corrected chi connectivity index (χ0v) is 10.4.